The van der Waals surface area contributed by atoms with Crippen molar-refractivity contribution in [2.75, 3.05) is 0 Å². The molecule has 0 fully saturated rings. The van der Waals surface area contributed by atoms with Crippen LogP contribution in [0.5, 0.6) is 0 Å². The van der Waals surface area contributed by atoms with Crippen molar-refractivity contribution in [3.8, 4) is 5.69 Å². The molecule has 0 aliphatic heterocycles. The first-order valence-corrected chi connectivity index (χ1v) is 10.4. The largest absolute Gasteiger partial charge is 0.340 e. The molecule has 0 aliphatic rings. The van der Waals surface area contributed by atoms with Crippen LogP contribution in [0.3, 0.4) is 0 Å². The maximum atomic E-state index is 14.7. The molecule has 0 bridgehead atoms. The molecule has 1 heterocycles. The summed E-state index contributed by atoms with van der Waals surface area (Å²) in [4.78, 5) is 25.3. The SMILES string of the molecule is O=C(NC(c1ccccc1)c1ccc(Br)cc1F)c1ccc(=O)n(-c2ccc(F)cc2)n1. The number of hydrogen-bond acceptors (Lipinski definition) is 3. The Morgan fingerprint density at radius 2 is 1.66 bits per heavy atom. The second-order valence-electron chi connectivity index (χ2n) is 6.93. The van der Waals surface area contributed by atoms with Gasteiger partial charge in [-0.25, -0.2) is 8.78 Å². The topological polar surface area (TPSA) is 64.0 Å². The molecule has 0 spiro atoms. The van der Waals surface area contributed by atoms with Gasteiger partial charge >= 0.3 is 0 Å². The van der Waals surface area contributed by atoms with Gasteiger partial charge < -0.3 is 5.32 Å². The third-order valence-corrected chi connectivity index (χ3v) is 5.28. The van der Waals surface area contributed by atoms with Gasteiger partial charge in [-0.3, -0.25) is 9.59 Å². The van der Waals surface area contributed by atoms with Crippen molar-refractivity contribution in [1.82, 2.24) is 15.1 Å². The molecule has 8 heteroatoms. The minimum atomic E-state index is -0.787. The van der Waals surface area contributed by atoms with Crippen LogP contribution in [0.25, 0.3) is 5.69 Å². The van der Waals surface area contributed by atoms with Gasteiger partial charge in [0.05, 0.1) is 11.7 Å². The lowest BCUT2D eigenvalue weighted by molar-refractivity contribution is 0.0935. The zero-order valence-corrected chi connectivity index (χ0v) is 18.1. The lowest BCUT2D eigenvalue weighted by Crippen LogP contribution is -2.32. The van der Waals surface area contributed by atoms with E-state index in [2.05, 4.69) is 26.3 Å². The first kappa shape index (κ1) is 21.6. The Balaban J connectivity index is 1.70. The molecular weight excluding hydrogens is 480 g/mol. The Morgan fingerprint density at radius 1 is 0.938 bits per heavy atom. The third-order valence-electron chi connectivity index (χ3n) is 4.79. The summed E-state index contributed by atoms with van der Waals surface area (Å²) in [5.74, 6) is -1.55. The van der Waals surface area contributed by atoms with Crippen molar-refractivity contribution in [3.05, 3.63) is 128 Å². The Labute approximate surface area is 190 Å². The predicted molar refractivity (Wildman–Crippen MR) is 120 cm³/mol. The van der Waals surface area contributed by atoms with Crippen LogP contribution in [0.1, 0.15) is 27.7 Å². The minimum Gasteiger partial charge on any atom is -0.340 e. The van der Waals surface area contributed by atoms with E-state index in [4.69, 9.17) is 0 Å². The summed E-state index contributed by atoms with van der Waals surface area (Å²) < 4.78 is 29.5. The highest BCUT2D eigenvalue weighted by Gasteiger charge is 2.22. The molecule has 0 saturated carbocycles. The number of nitrogens with one attached hydrogen (secondary N) is 1. The molecule has 1 aromatic heterocycles. The molecule has 4 aromatic rings. The van der Waals surface area contributed by atoms with Crippen LogP contribution in [0, 0.1) is 11.6 Å². The van der Waals surface area contributed by atoms with Gasteiger partial charge in [0.15, 0.2) is 0 Å². The fourth-order valence-corrected chi connectivity index (χ4v) is 3.56. The summed E-state index contributed by atoms with van der Waals surface area (Å²) in [5, 5.41) is 6.92. The van der Waals surface area contributed by atoms with Crippen LogP contribution >= 0.6 is 15.9 Å². The monoisotopic (exact) mass is 495 g/mol. The zero-order valence-electron chi connectivity index (χ0n) is 16.5. The van der Waals surface area contributed by atoms with Crippen LogP contribution < -0.4 is 10.9 Å². The highest BCUT2D eigenvalue weighted by Crippen LogP contribution is 2.27. The van der Waals surface area contributed by atoms with Crippen molar-refractivity contribution in [2.24, 2.45) is 0 Å². The van der Waals surface area contributed by atoms with Crippen molar-refractivity contribution >= 4 is 21.8 Å². The van der Waals surface area contributed by atoms with E-state index in [-0.39, 0.29) is 11.3 Å². The standard InChI is InChI=1S/C24H16BrF2N3O2/c25-16-6-11-19(20(27)14-16)23(15-4-2-1-3-5-15)28-24(32)21-12-13-22(31)30(29-21)18-9-7-17(26)8-10-18/h1-14,23H,(H,28,32). The van der Waals surface area contributed by atoms with Gasteiger partial charge in [-0.2, -0.15) is 9.78 Å². The number of nitrogens with zero attached hydrogens (tertiary/aromatic N) is 2. The summed E-state index contributed by atoms with van der Waals surface area (Å²) in [6.07, 6.45) is 0. The average Bonchev–Trinajstić information content (AvgIpc) is 2.79. The molecule has 0 aliphatic carbocycles. The first-order valence-electron chi connectivity index (χ1n) is 9.59. The number of halogens is 3. The summed E-state index contributed by atoms with van der Waals surface area (Å²) in [7, 11) is 0. The van der Waals surface area contributed by atoms with E-state index < -0.39 is 29.1 Å². The van der Waals surface area contributed by atoms with E-state index in [0.717, 1.165) is 4.68 Å². The van der Waals surface area contributed by atoms with E-state index in [0.29, 0.717) is 15.7 Å². The normalized spacial score (nSPS) is 11.7. The van der Waals surface area contributed by atoms with Crippen molar-refractivity contribution in [2.45, 2.75) is 6.04 Å². The molecule has 1 atom stereocenters. The molecule has 32 heavy (non-hydrogen) atoms. The van der Waals surface area contributed by atoms with Crippen LogP contribution in [0.2, 0.25) is 0 Å². The number of aromatic nitrogens is 2. The molecule has 0 radical (unpaired) electrons. The molecule has 5 nitrogen and oxygen atoms in total. The van der Waals surface area contributed by atoms with E-state index in [1.165, 1.54) is 42.5 Å². The molecule has 1 unspecified atom stereocenters. The van der Waals surface area contributed by atoms with Crippen LogP contribution in [0.4, 0.5) is 8.78 Å². The molecule has 160 valence electrons. The second kappa shape index (κ2) is 9.23. The minimum absolute atomic E-state index is 0.0487. The van der Waals surface area contributed by atoms with E-state index in [1.54, 1.807) is 36.4 Å². The Kier molecular flexibility index (Phi) is 6.23. The van der Waals surface area contributed by atoms with Gasteiger partial charge in [0.2, 0.25) is 0 Å². The molecule has 4 rings (SSSR count). The van der Waals surface area contributed by atoms with E-state index in [9.17, 15) is 18.4 Å². The number of carbonyl (C=O) groups is 1. The molecular formula is C24H16BrF2N3O2. The predicted octanol–water partition coefficient (Wildman–Crippen LogP) is 4.79. The Bertz CT molecular complexity index is 1330. The summed E-state index contributed by atoms with van der Waals surface area (Å²) >= 11 is 3.24. The lowest BCUT2D eigenvalue weighted by atomic mass is 9.98. The fourth-order valence-electron chi connectivity index (χ4n) is 3.23. The summed E-state index contributed by atoms with van der Waals surface area (Å²) in [5.41, 5.74) is 0.734. The molecule has 3 aromatic carbocycles. The second-order valence-corrected chi connectivity index (χ2v) is 7.84. The maximum absolute atomic E-state index is 14.7. The van der Waals surface area contributed by atoms with Crippen molar-refractivity contribution in [1.29, 1.82) is 0 Å². The smallest absolute Gasteiger partial charge is 0.272 e. The van der Waals surface area contributed by atoms with E-state index >= 15 is 0 Å². The molecule has 1 N–H and O–H groups in total. The maximum Gasteiger partial charge on any atom is 0.272 e. The number of hydrogen-bond donors (Lipinski definition) is 1. The lowest BCUT2D eigenvalue weighted by Gasteiger charge is -2.20. The zero-order chi connectivity index (χ0) is 22.7. The number of rotatable bonds is 5. The quantitative estimate of drug-likeness (QED) is 0.432. The molecule has 1 amide bonds. The van der Waals surface area contributed by atoms with E-state index in [1.807, 2.05) is 6.07 Å². The third kappa shape index (κ3) is 4.65. The van der Waals surface area contributed by atoms with Crippen LogP contribution in [-0.4, -0.2) is 15.7 Å². The van der Waals surface area contributed by atoms with Gasteiger partial charge in [-0.1, -0.05) is 52.3 Å². The number of amides is 1. The van der Waals surface area contributed by atoms with Crippen LogP contribution in [0.15, 0.2) is 94.2 Å². The van der Waals surface area contributed by atoms with Crippen molar-refractivity contribution in [3.63, 3.8) is 0 Å². The average molecular weight is 496 g/mol. The number of carbonyl (C=O) groups excluding carboxylic acids is 1. The Hall–Kier alpha value is -3.65. The van der Waals surface area contributed by atoms with Gasteiger partial charge in [-0.05, 0) is 48.0 Å². The highest BCUT2D eigenvalue weighted by atomic mass is 79.9. The highest BCUT2D eigenvalue weighted by molar-refractivity contribution is 9.10. The summed E-state index contributed by atoms with van der Waals surface area (Å²) in [6, 6.07) is 20.4. The van der Waals surface area contributed by atoms with Gasteiger partial charge in [-0.15, -0.1) is 0 Å². The number of benzene rings is 3. The fraction of sp³-hybridized carbons (Fsp3) is 0.0417. The Morgan fingerprint density at radius 3 is 2.34 bits per heavy atom. The van der Waals surface area contributed by atoms with Gasteiger partial charge in [0.25, 0.3) is 11.5 Å². The first-order chi connectivity index (χ1) is 15.4. The summed E-state index contributed by atoms with van der Waals surface area (Å²) in [6.45, 7) is 0. The molecule has 0 saturated heterocycles. The van der Waals surface area contributed by atoms with Gasteiger partial charge in [0.1, 0.15) is 17.3 Å². The van der Waals surface area contributed by atoms with Crippen LogP contribution in [-0.2, 0) is 0 Å². The van der Waals surface area contributed by atoms with Crippen molar-refractivity contribution < 1.29 is 13.6 Å². The van der Waals surface area contributed by atoms with Gasteiger partial charge in [0, 0.05) is 16.1 Å².